The van der Waals surface area contributed by atoms with Crippen molar-refractivity contribution in [2.24, 2.45) is 0 Å². The van der Waals surface area contributed by atoms with Crippen LogP contribution in [0.3, 0.4) is 0 Å². The Morgan fingerprint density at radius 2 is 2.06 bits per heavy atom. The van der Waals surface area contributed by atoms with Crippen LogP contribution in [-0.4, -0.2) is 51.7 Å². The number of halogens is 1. The zero-order valence-corrected chi connectivity index (χ0v) is 20.7. The Labute approximate surface area is 207 Å². The fourth-order valence-electron chi connectivity index (χ4n) is 4.54. The lowest BCUT2D eigenvalue weighted by atomic mass is 10.1. The summed E-state index contributed by atoms with van der Waals surface area (Å²) >= 11 is 0. The molecule has 0 spiro atoms. The molecule has 0 radical (unpaired) electrons. The third kappa shape index (κ3) is 6.90. The standard InChI is InChI=1S/C28H36FN3O3/c1-3-4-13-24(33)18-31(19-26-15-9-16-34-26)20-27-21(2)30-32(23-11-6-5-7-12-23)28(27)35-25-14-8-10-22(29)17-25/h5-8,10-12,14,17,24,26,33H,3-4,9,13,15-16,18-20H2,1-2H3/t24-,26-/m1/s1. The molecule has 6 nitrogen and oxygen atoms in total. The van der Waals surface area contributed by atoms with Gasteiger partial charge in [0.05, 0.1) is 29.2 Å². The molecule has 1 aliphatic heterocycles. The topological polar surface area (TPSA) is 59.8 Å². The zero-order chi connectivity index (χ0) is 24.6. The van der Waals surface area contributed by atoms with Crippen molar-refractivity contribution in [1.82, 2.24) is 14.7 Å². The summed E-state index contributed by atoms with van der Waals surface area (Å²) in [7, 11) is 0. The summed E-state index contributed by atoms with van der Waals surface area (Å²) in [6.07, 6.45) is 4.66. The van der Waals surface area contributed by atoms with Gasteiger partial charge in [0.25, 0.3) is 0 Å². The van der Waals surface area contributed by atoms with Crippen molar-refractivity contribution in [2.75, 3.05) is 19.7 Å². The number of aliphatic hydroxyl groups is 1. The van der Waals surface area contributed by atoms with Crippen molar-refractivity contribution in [2.45, 2.75) is 64.7 Å². The van der Waals surface area contributed by atoms with E-state index < -0.39 is 6.10 Å². The van der Waals surface area contributed by atoms with Gasteiger partial charge in [0.15, 0.2) is 0 Å². The van der Waals surface area contributed by atoms with Gasteiger partial charge in [0.2, 0.25) is 5.88 Å². The number of benzene rings is 2. The molecule has 0 unspecified atom stereocenters. The summed E-state index contributed by atoms with van der Waals surface area (Å²) in [4.78, 5) is 2.24. The number of hydrogen-bond donors (Lipinski definition) is 1. The zero-order valence-electron chi connectivity index (χ0n) is 20.7. The molecular weight excluding hydrogens is 445 g/mol. The second-order valence-corrected chi connectivity index (χ2v) is 9.30. The molecule has 2 heterocycles. The number of aryl methyl sites for hydroxylation is 1. The Kier molecular flexibility index (Phi) is 8.90. The largest absolute Gasteiger partial charge is 0.438 e. The highest BCUT2D eigenvalue weighted by atomic mass is 19.1. The maximum Gasteiger partial charge on any atom is 0.227 e. The van der Waals surface area contributed by atoms with Gasteiger partial charge in [-0.25, -0.2) is 9.07 Å². The van der Waals surface area contributed by atoms with Crippen LogP contribution in [0.1, 0.15) is 50.3 Å². The van der Waals surface area contributed by atoms with Gasteiger partial charge in [-0.05, 0) is 50.5 Å². The van der Waals surface area contributed by atoms with E-state index in [2.05, 4.69) is 11.8 Å². The van der Waals surface area contributed by atoms with Gasteiger partial charge in [-0.3, -0.25) is 4.90 Å². The molecule has 1 N–H and O–H groups in total. The van der Waals surface area contributed by atoms with Crippen molar-refractivity contribution in [3.8, 4) is 17.3 Å². The summed E-state index contributed by atoms with van der Waals surface area (Å²) in [6.45, 7) is 6.72. The molecule has 1 aliphatic rings. The van der Waals surface area contributed by atoms with E-state index in [4.69, 9.17) is 14.6 Å². The molecule has 35 heavy (non-hydrogen) atoms. The van der Waals surface area contributed by atoms with Crippen LogP contribution in [0.2, 0.25) is 0 Å². The van der Waals surface area contributed by atoms with Gasteiger partial charge in [-0.1, -0.05) is 44.0 Å². The number of aromatic nitrogens is 2. The van der Waals surface area contributed by atoms with Crippen LogP contribution in [0.25, 0.3) is 5.69 Å². The van der Waals surface area contributed by atoms with Gasteiger partial charge in [-0.15, -0.1) is 0 Å². The van der Waals surface area contributed by atoms with Crippen LogP contribution in [0.5, 0.6) is 11.6 Å². The predicted molar refractivity (Wildman–Crippen MR) is 135 cm³/mol. The monoisotopic (exact) mass is 481 g/mol. The van der Waals surface area contributed by atoms with Crippen molar-refractivity contribution in [3.63, 3.8) is 0 Å². The molecule has 1 fully saturated rings. The van der Waals surface area contributed by atoms with E-state index in [1.807, 2.05) is 37.3 Å². The van der Waals surface area contributed by atoms with Gasteiger partial charge < -0.3 is 14.6 Å². The highest BCUT2D eigenvalue weighted by Gasteiger charge is 2.26. The van der Waals surface area contributed by atoms with Crippen molar-refractivity contribution in [3.05, 3.63) is 71.7 Å². The number of nitrogens with zero attached hydrogens (tertiary/aromatic N) is 3. The maximum atomic E-state index is 13.9. The molecule has 2 aromatic carbocycles. The van der Waals surface area contributed by atoms with Crippen LogP contribution in [0.4, 0.5) is 4.39 Å². The molecule has 7 heteroatoms. The average molecular weight is 482 g/mol. The third-order valence-corrected chi connectivity index (χ3v) is 6.38. The Balaban J connectivity index is 1.66. The molecule has 0 amide bonds. The van der Waals surface area contributed by atoms with E-state index in [1.165, 1.54) is 12.1 Å². The first-order valence-corrected chi connectivity index (χ1v) is 12.6. The van der Waals surface area contributed by atoms with Crippen molar-refractivity contribution < 1.29 is 19.0 Å². The van der Waals surface area contributed by atoms with Crippen LogP contribution < -0.4 is 4.74 Å². The van der Waals surface area contributed by atoms with Crippen LogP contribution in [0.15, 0.2) is 54.6 Å². The van der Waals surface area contributed by atoms with Crippen LogP contribution in [0, 0.1) is 12.7 Å². The van der Waals surface area contributed by atoms with Crippen LogP contribution in [-0.2, 0) is 11.3 Å². The minimum Gasteiger partial charge on any atom is -0.438 e. The Hall–Kier alpha value is -2.74. The Morgan fingerprint density at radius 3 is 2.77 bits per heavy atom. The smallest absolute Gasteiger partial charge is 0.227 e. The molecular formula is C28H36FN3O3. The van der Waals surface area contributed by atoms with E-state index in [0.717, 1.165) is 62.2 Å². The Bertz CT molecular complexity index is 1070. The molecule has 2 atom stereocenters. The summed E-state index contributed by atoms with van der Waals surface area (Å²) in [6, 6.07) is 15.9. The predicted octanol–water partition coefficient (Wildman–Crippen LogP) is 5.64. The summed E-state index contributed by atoms with van der Waals surface area (Å²) in [5, 5.41) is 15.5. The molecule has 1 saturated heterocycles. The highest BCUT2D eigenvalue weighted by molar-refractivity contribution is 5.43. The molecule has 0 bridgehead atoms. The number of rotatable bonds is 12. The minimum absolute atomic E-state index is 0.158. The summed E-state index contributed by atoms with van der Waals surface area (Å²) in [5.74, 6) is 0.613. The Morgan fingerprint density at radius 1 is 1.23 bits per heavy atom. The summed E-state index contributed by atoms with van der Waals surface area (Å²) < 4.78 is 27.9. The van der Waals surface area contributed by atoms with Gasteiger partial charge in [0.1, 0.15) is 11.6 Å². The van der Waals surface area contributed by atoms with Crippen LogP contribution >= 0.6 is 0 Å². The first-order valence-electron chi connectivity index (χ1n) is 12.6. The second-order valence-electron chi connectivity index (χ2n) is 9.30. The molecule has 0 aliphatic carbocycles. The number of ether oxygens (including phenoxy) is 2. The molecule has 3 aromatic rings. The average Bonchev–Trinajstić information content (AvgIpc) is 3.47. The SMILES string of the molecule is CCCC[C@@H](O)CN(Cc1c(C)nn(-c2ccccc2)c1Oc1cccc(F)c1)C[C@H]1CCCO1. The normalized spacial score (nSPS) is 16.7. The first kappa shape index (κ1) is 25.4. The fraction of sp³-hybridized carbons (Fsp3) is 0.464. The van der Waals surface area contributed by atoms with E-state index >= 15 is 0 Å². The molecule has 188 valence electrons. The number of hydrogen-bond acceptors (Lipinski definition) is 5. The number of unbranched alkanes of at least 4 members (excludes halogenated alkanes) is 1. The second kappa shape index (κ2) is 12.3. The van der Waals surface area contributed by atoms with Crippen molar-refractivity contribution in [1.29, 1.82) is 0 Å². The lowest BCUT2D eigenvalue weighted by Gasteiger charge is -2.27. The number of aliphatic hydroxyl groups excluding tert-OH is 1. The molecule has 4 rings (SSSR count). The third-order valence-electron chi connectivity index (χ3n) is 6.38. The van der Waals surface area contributed by atoms with E-state index in [1.54, 1.807) is 16.8 Å². The lowest BCUT2D eigenvalue weighted by molar-refractivity contribution is 0.0434. The van der Waals surface area contributed by atoms with Gasteiger partial charge >= 0.3 is 0 Å². The number of para-hydroxylation sites is 1. The molecule has 1 aromatic heterocycles. The first-order chi connectivity index (χ1) is 17.0. The van der Waals surface area contributed by atoms with E-state index in [-0.39, 0.29) is 11.9 Å². The lowest BCUT2D eigenvalue weighted by Crippen LogP contribution is -2.37. The quantitative estimate of drug-likeness (QED) is 0.363. The van der Waals surface area contributed by atoms with E-state index in [9.17, 15) is 9.50 Å². The minimum atomic E-state index is -0.409. The molecule has 0 saturated carbocycles. The van der Waals surface area contributed by atoms with Gasteiger partial charge in [-0.2, -0.15) is 5.10 Å². The highest BCUT2D eigenvalue weighted by Crippen LogP contribution is 2.32. The maximum absolute atomic E-state index is 13.9. The summed E-state index contributed by atoms with van der Waals surface area (Å²) in [5.41, 5.74) is 2.61. The fourth-order valence-corrected chi connectivity index (χ4v) is 4.54. The van der Waals surface area contributed by atoms with Gasteiger partial charge in [0, 0.05) is 32.3 Å². The van der Waals surface area contributed by atoms with E-state index in [0.29, 0.717) is 24.7 Å². The van der Waals surface area contributed by atoms with Crippen molar-refractivity contribution >= 4 is 0 Å².